The minimum Gasteiger partial charge on any atom is -0.475 e. The molecule has 3 N–H and O–H groups in total. The zero-order valence-corrected chi connectivity index (χ0v) is 22.1. The first-order valence-electron chi connectivity index (χ1n) is 11.9. The van der Waals surface area contributed by atoms with Crippen LogP contribution in [0.5, 0.6) is 0 Å². The summed E-state index contributed by atoms with van der Waals surface area (Å²) in [5.41, 5.74) is 1.87. The van der Waals surface area contributed by atoms with Crippen LogP contribution >= 0.6 is 11.6 Å². The van der Waals surface area contributed by atoms with E-state index in [9.17, 15) is 21.6 Å². The molecule has 204 valence electrons. The number of aliphatic carboxylic acids is 1. The van der Waals surface area contributed by atoms with E-state index in [1.807, 2.05) is 18.2 Å². The largest absolute Gasteiger partial charge is 0.490 e. The lowest BCUT2D eigenvalue weighted by Gasteiger charge is -2.25. The number of sulfonamides is 1. The summed E-state index contributed by atoms with van der Waals surface area (Å²) in [4.78, 5) is 11.5. The van der Waals surface area contributed by atoms with E-state index < -0.39 is 22.2 Å². The van der Waals surface area contributed by atoms with Crippen LogP contribution in [-0.2, 0) is 20.2 Å². The van der Waals surface area contributed by atoms with Crippen molar-refractivity contribution < 1.29 is 31.5 Å². The molecule has 2 aliphatic rings. The maximum absolute atomic E-state index is 12.8. The van der Waals surface area contributed by atoms with Gasteiger partial charge in [0.2, 0.25) is 10.0 Å². The molecule has 2 saturated carbocycles. The summed E-state index contributed by atoms with van der Waals surface area (Å²) in [5.74, 6) is -2.76. The van der Waals surface area contributed by atoms with Crippen molar-refractivity contribution in [2.45, 2.75) is 61.2 Å². The summed E-state index contributed by atoms with van der Waals surface area (Å²) in [7, 11) is -1.47. The Labute approximate surface area is 220 Å². The van der Waals surface area contributed by atoms with Crippen LogP contribution in [0.3, 0.4) is 0 Å². The molecule has 2 aliphatic carbocycles. The van der Waals surface area contributed by atoms with Crippen molar-refractivity contribution in [1.29, 1.82) is 0 Å². The first kappa shape index (κ1) is 29.2. The van der Waals surface area contributed by atoms with Gasteiger partial charge in [0.05, 0.1) is 15.6 Å². The summed E-state index contributed by atoms with van der Waals surface area (Å²) in [6.45, 7) is 3.35. The van der Waals surface area contributed by atoms with Crippen LogP contribution in [0.4, 0.5) is 18.9 Å². The molecule has 7 nitrogen and oxygen atoms in total. The van der Waals surface area contributed by atoms with E-state index in [-0.39, 0.29) is 10.3 Å². The Morgan fingerprint density at radius 2 is 1.78 bits per heavy atom. The molecule has 0 aromatic heterocycles. The summed E-state index contributed by atoms with van der Waals surface area (Å²) < 4.78 is 60.2. The van der Waals surface area contributed by atoms with Crippen LogP contribution < -0.4 is 10.0 Å². The maximum atomic E-state index is 12.8. The first-order valence-corrected chi connectivity index (χ1v) is 13.7. The number of nitrogens with one attached hydrogen (secondary N) is 2. The summed E-state index contributed by atoms with van der Waals surface area (Å²) in [6, 6.07) is 16.1. The number of hydrogen-bond acceptors (Lipinski definition) is 5. The van der Waals surface area contributed by atoms with E-state index in [0.717, 1.165) is 25.1 Å². The fourth-order valence-corrected chi connectivity index (χ4v) is 5.34. The zero-order valence-electron chi connectivity index (χ0n) is 20.6. The lowest BCUT2D eigenvalue weighted by Crippen LogP contribution is -2.36. The molecule has 12 heteroatoms. The fourth-order valence-electron chi connectivity index (χ4n) is 3.88. The van der Waals surface area contributed by atoms with Crippen molar-refractivity contribution in [1.82, 2.24) is 9.62 Å². The number of carboxylic acid groups (broad SMARTS) is 1. The highest BCUT2D eigenvalue weighted by molar-refractivity contribution is 7.89. The molecule has 0 amide bonds. The number of hydrogen-bond donors (Lipinski definition) is 3. The quantitative estimate of drug-likeness (QED) is 0.382. The average molecular weight is 562 g/mol. The summed E-state index contributed by atoms with van der Waals surface area (Å²) >= 11 is 6.40. The number of nitrogens with zero attached hydrogens (tertiary/aromatic N) is 1. The standard InChI is InChI=1S/C23H30ClN3O2S.C2HF3O2/c1-17(27(2)19-8-9-19)15-25-22-11-10-20(14-21(22)24)30(28,29)26-16-23(12-13-23)18-6-4-3-5-7-18;3-2(4,5)1(6)7/h3-7,10-11,14,17,19,25-26H,8-9,12-13,15-16H2,1-2H3;(H,6,7). The second kappa shape index (κ2) is 11.6. The molecular formula is C25H31ClF3N3O4S. The highest BCUT2D eigenvalue weighted by Crippen LogP contribution is 2.47. The lowest BCUT2D eigenvalue weighted by atomic mass is 9.96. The number of carbonyl (C=O) groups is 1. The van der Waals surface area contributed by atoms with Gasteiger partial charge in [-0.3, -0.25) is 4.90 Å². The van der Waals surface area contributed by atoms with Gasteiger partial charge in [0.25, 0.3) is 0 Å². The molecule has 0 saturated heterocycles. The average Bonchev–Trinajstić information content (AvgIpc) is 3.76. The van der Waals surface area contributed by atoms with Gasteiger partial charge in [-0.05, 0) is 63.4 Å². The molecule has 0 bridgehead atoms. The van der Waals surface area contributed by atoms with Gasteiger partial charge in [-0.15, -0.1) is 0 Å². The van der Waals surface area contributed by atoms with Gasteiger partial charge in [-0.25, -0.2) is 17.9 Å². The minimum atomic E-state index is -5.08. The summed E-state index contributed by atoms with van der Waals surface area (Å²) in [5, 5.41) is 10.9. The molecule has 0 aliphatic heterocycles. The van der Waals surface area contributed by atoms with Crippen molar-refractivity contribution in [2.75, 3.05) is 25.5 Å². The third-order valence-electron chi connectivity index (χ3n) is 6.74. The normalized spacial score (nSPS) is 17.5. The molecule has 0 heterocycles. The Hall–Kier alpha value is -2.34. The van der Waals surface area contributed by atoms with Crippen LogP contribution in [0.25, 0.3) is 0 Å². The third-order valence-corrected chi connectivity index (χ3v) is 8.45. The molecule has 4 rings (SSSR count). The molecule has 2 aromatic carbocycles. The van der Waals surface area contributed by atoms with Gasteiger partial charge >= 0.3 is 12.1 Å². The second-order valence-electron chi connectivity index (χ2n) is 9.54. The van der Waals surface area contributed by atoms with Gasteiger partial charge in [0.1, 0.15) is 0 Å². The topological polar surface area (TPSA) is 98.7 Å². The fraction of sp³-hybridized carbons (Fsp3) is 0.480. The van der Waals surface area contributed by atoms with Crippen molar-refractivity contribution in [3.63, 3.8) is 0 Å². The number of anilines is 1. The predicted octanol–water partition coefficient (Wildman–Crippen LogP) is 4.88. The van der Waals surface area contributed by atoms with E-state index in [4.69, 9.17) is 21.5 Å². The van der Waals surface area contributed by atoms with Crippen LogP contribution in [-0.4, -0.2) is 62.8 Å². The van der Waals surface area contributed by atoms with Crippen LogP contribution in [0.15, 0.2) is 53.4 Å². The number of halogens is 4. The number of rotatable bonds is 10. The number of benzene rings is 2. The molecule has 0 spiro atoms. The van der Waals surface area contributed by atoms with Crippen molar-refractivity contribution in [2.24, 2.45) is 0 Å². The molecule has 1 atom stereocenters. The SMILES string of the molecule is CC(CNc1ccc(S(=O)(=O)NCC2(c3ccccc3)CC2)cc1Cl)N(C)C1CC1.O=C(O)C(F)(F)F. The number of likely N-dealkylation sites (N-methyl/N-ethyl adjacent to an activating group) is 1. The highest BCUT2D eigenvalue weighted by Gasteiger charge is 2.44. The Morgan fingerprint density at radius 3 is 2.27 bits per heavy atom. The smallest absolute Gasteiger partial charge is 0.475 e. The van der Waals surface area contributed by atoms with Crippen LogP contribution in [0.1, 0.15) is 38.2 Å². The predicted molar refractivity (Wildman–Crippen MR) is 136 cm³/mol. The van der Waals surface area contributed by atoms with E-state index in [1.54, 1.807) is 12.1 Å². The number of carboxylic acids is 1. The molecule has 2 aromatic rings. The van der Waals surface area contributed by atoms with Gasteiger partial charge in [-0.1, -0.05) is 41.9 Å². The van der Waals surface area contributed by atoms with E-state index in [2.05, 4.69) is 41.0 Å². The lowest BCUT2D eigenvalue weighted by molar-refractivity contribution is -0.192. The van der Waals surface area contributed by atoms with Crippen LogP contribution in [0.2, 0.25) is 5.02 Å². The minimum absolute atomic E-state index is 0.0800. The van der Waals surface area contributed by atoms with Crippen LogP contribution in [0, 0.1) is 0 Å². The molecule has 37 heavy (non-hydrogen) atoms. The van der Waals surface area contributed by atoms with Gasteiger partial charge < -0.3 is 10.4 Å². The van der Waals surface area contributed by atoms with Crippen molar-refractivity contribution in [3.05, 3.63) is 59.1 Å². The molecule has 0 radical (unpaired) electrons. The first-order chi connectivity index (χ1) is 17.2. The Bertz CT molecular complexity index is 1190. The Kier molecular flexibility index (Phi) is 9.15. The molecule has 2 fully saturated rings. The third kappa shape index (κ3) is 8.07. The Balaban J connectivity index is 0.000000479. The molecule has 1 unspecified atom stereocenters. The summed E-state index contributed by atoms with van der Waals surface area (Å²) in [6.07, 6.45) is -0.549. The van der Waals surface area contributed by atoms with Gasteiger partial charge in [-0.2, -0.15) is 13.2 Å². The zero-order chi connectivity index (χ0) is 27.4. The highest BCUT2D eigenvalue weighted by atomic mass is 35.5. The maximum Gasteiger partial charge on any atom is 0.490 e. The molecular weight excluding hydrogens is 531 g/mol. The van der Waals surface area contributed by atoms with E-state index in [0.29, 0.717) is 23.7 Å². The van der Waals surface area contributed by atoms with E-state index >= 15 is 0 Å². The van der Waals surface area contributed by atoms with Gasteiger partial charge in [0.15, 0.2) is 0 Å². The second-order valence-corrected chi connectivity index (χ2v) is 11.7. The number of alkyl halides is 3. The van der Waals surface area contributed by atoms with Crippen molar-refractivity contribution in [3.8, 4) is 0 Å². The Morgan fingerprint density at radius 1 is 1.19 bits per heavy atom. The van der Waals surface area contributed by atoms with Crippen molar-refractivity contribution >= 4 is 33.3 Å². The van der Waals surface area contributed by atoms with Gasteiger partial charge in [0, 0.05) is 30.6 Å². The monoisotopic (exact) mass is 561 g/mol. The van der Waals surface area contributed by atoms with E-state index in [1.165, 1.54) is 24.5 Å².